The molecule has 5 heteroatoms. The van der Waals surface area contributed by atoms with Gasteiger partial charge in [-0.15, -0.1) is 0 Å². The van der Waals surface area contributed by atoms with Crippen molar-refractivity contribution >= 4 is 10.0 Å². The van der Waals surface area contributed by atoms with Gasteiger partial charge in [-0.05, 0) is 62.1 Å². The number of hydrogen-bond acceptors (Lipinski definition) is 3. The number of sulfonamides is 1. The van der Waals surface area contributed by atoms with Crippen LogP contribution in [-0.4, -0.2) is 25.9 Å². The molecule has 1 saturated heterocycles. The van der Waals surface area contributed by atoms with Gasteiger partial charge >= 0.3 is 0 Å². The van der Waals surface area contributed by atoms with Gasteiger partial charge in [0.2, 0.25) is 10.0 Å². The van der Waals surface area contributed by atoms with Gasteiger partial charge in [-0.2, -0.15) is 4.31 Å². The molecule has 1 unspecified atom stereocenters. The molecule has 1 fully saturated rings. The average Bonchev–Trinajstić information content (AvgIpc) is 3.06. The summed E-state index contributed by atoms with van der Waals surface area (Å²) in [6.45, 7) is 5.07. The van der Waals surface area contributed by atoms with Gasteiger partial charge < -0.3 is 4.74 Å². The highest BCUT2D eigenvalue weighted by Gasteiger charge is 2.36. The molecule has 1 aliphatic rings. The Morgan fingerprint density at radius 3 is 2.50 bits per heavy atom. The summed E-state index contributed by atoms with van der Waals surface area (Å²) in [7, 11) is -3.51. The predicted molar refractivity (Wildman–Crippen MR) is 94.7 cm³/mol. The van der Waals surface area contributed by atoms with E-state index in [4.69, 9.17) is 4.74 Å². The molecule has 1 atom stereocenters. The predicted octanol–water partition coefficient (Wildman–Crippen LogP) is 3.92. The van der Waals surface area contributed by atoms with E-state index in [1.807, 2.05) is 38.1 Å². The quantitative estimate of drug-likeness (QED) is 0.825. The highest BCUT2D eigenvalue weighted by Crippen LogP contribution is 2.37. The van der Waals surface area contributed by atoms with Crippen molar-refractivity contribution in [2.24, 2.45) is 0 Å². The van der Waals surface area contributed by atoms with E-state index in [-0.39, 0.29) is 6.04 Å². The third-order valence-corrected chi connectivity index (χ3v) is 6.41. The molecule has 3 rings (SSSR count). The van der Waals surface area contributed by atoms with E-state index >= 15 is 0 Å². The molecule has 4 nitrogen and oxygen atoms in total. The van der Waals surface area contributed by atoms with Crippen LogP contribution >= 0.6 is 0 Å². The molecule has 0 aliphatic carbocycles. The second-order valence-corrected chi connectivity index (χ2v) is 7.93. The maximum Gasteiger partial charge on any atom is 0.243 e. The zero-order valence-corrected chi connectivity index (χ0v) is 14.9. The Balaban J connectivity index is 1.92. The number of hydrogen-bond donors (Lipinski definition) is 0. The first-order valence-corrected chi connectivity index (χ1v) is 9.78. The van der Waals surface area contributed by atoms with Gasteiger partial charge in [-0.25, -0.2) is 8.42 Å². The molecule has 1 heterocycles. The zero-order valence-electron chi connectivity index (χ0n) is 14.1. The van der Waals surface area contributed by atoms with E-state index in [2.05, 4.69) is 0 Å². The van der Waals surface area contributed by atoms with Crippen molar-refractivity contribution in [1.29, 1.82) is 0 Å². The molecule has 2 aromatic carbocycles. The van der Waals surface area contributed by atoms with E-state index in [1.54, 1.807) is 28.6 Å². The fraction of sp³-hybridized carbons (Fsp3) is 0.368. The Hall–Kier alpha value is -1.85. The van der Waals surface area contributed by atoms with Gasteiger partial charge in [0.05, 0.1) is 17.5 Å². The lowest BCUT2D eigenvalue weighted by molar-refractivity contribution is 0.340. The minimum atomic E-state index is -3.51. The van der Waals surface area contributed by atoms with Crippen LogP contribution in [-0.2, 0) is 10.0 Å². The molecule has 0 amide bonds. The summed E-state index contributed by atoms with van der Waals surface area (Å²) in [4.78, 5) is 0.325. The smallest absolute Gasteiger partial charge is 0.243 e. The summed E-state index contributed by atoms with van der Waals surface area (Å²) < 4.78 is 33.2. The van der Waals surface area contributed by atoms with Gasteiger partial charge in [-0.1, -0.05) is 24.3 Å². The molecule has 0 aromatic heterocycles. The van der Waals surface area contributed by atoms with E-state index in [0.29, 0.717) is 23.8 Å². The Kier molecular flexibility index (Phi) is 4.92. The molecule has 2 aromatic rings. The standard InChI is InChI=1S/C19H23NO3S/c1-3-23-16-10-12-17(13-11-16)24(21,22)20-14-6-9-19(20)18-8-5-4-7-15(18)2/h4-5,7-8,10-13,19H,3,6,9,14H2,1-2H3. The maximum absolute atomic E-state index is 13.1. The van der Waals surface area contributed by atoms with E-state index in [9.17, 15) is 8.42 Å². The monoisotopic (exact) mass is 345 g/mol. The lowest BCUT2D eigenvalue weighted by Gasteiger charge is -2.25. The topological polar surface area (TPSA) is 46.6 Å². The Labute approximate surface area is 144 Å². The van der Waals surface area contributed by atoms with Crippen molar-refractivity contribution in [3.8, 4) is 5.75 Å². The fourth-order valence-electron chi connectivity index (χ4n) is 3.31. The van der Waals surface area contributed by atoms with Crippen molar-refractivity contribution in [2.75, 3.05) is 13.2 Å². The molecule has 128 valence electrons. The first-order valence-electron chi connectivity index (χ1n) is 8.34. The maximum atomic E-state index is 13.1. The van der Waals surface area contributed by atoms with Gasteiger partial charge in [0.25, 0.3) is 0 Å². The van der Waals surface area contributed by atoms with Crippen LogP contribution in [0.15, 0.2) is 53.4 Å². The van der Waals surface area contributed by atoms with E-state index in [1.165, 1.54) is 0 Å². The largest absolute Gasteiger partial charge is 0.494 e. The van der Waals surface area contributed by atoms with E-state index in [0.717, 1.165) is 24.0 Å². The molecule has 0 radical (unpaired) electrons. The first kappa shape index (κ1) is 17.0. The van der Waals surface area contributed by atoms with Crippen LogP contribution in [0.3, 0.4) is 0 Å². The minimum absolute atomic E-state index is 0.0808. The van der Waals surface area contributed by atoms with Crippen LogP contribution in [0, 0.1) is 6.92 Å². The summed E-state index contributed by atoms with van der Waals surface area (Å²) in [5.74, 6) is 0.688. The second-order valence-electron chi connectivity index (χ2n) is 6.03. The third kappa shape index (κ3) is 3.19. The van der Waals surface area contributed by atoms with Crippen LogP contribution in [0.2, 0.25) is 0 Å². The summed E-state index contributed by atoms with van der Waals surface area (Å²) in [6, 6.07) is 14.6. The molecular weight excluding hydrogens is 322 g/mol. The van der Waals surface area contributed by atoms with Gasteiger partial charge in [-0.3, -0.25) is 0 Å². The number of rotatable bonds is 5. The average molecular weight is 345 g/mol. The van der Waals surface area contributed by atoms with Gasteiger partial charge in [0, 0.05) is 6.54 Å². The van der Waals surface area contributed by atoms with Gasteiger partial charge in [0.1, 0.15) is 5.75 Å². The van der Waals surface area contributed by atoms with Crippen LogP contribution in [0.1, 0.15) is 36.9 Å². The summed E-state index contributed by atoms with van der Waals surface area (Å²) in [6.07, 6.45) is 1.75. The zero-order chi connectivity index (χ0) is 17.2. The molecule has 0 spiro atoms. The van der Waals surface area contributed by atoms with E-state index < -0.39 is 10.0 Å². The number of ether oxygens (including phenoxy) is 1. The fourth-order valence-corrected chi connectivity index (χ4v) is 4.98. The molecule has 0 bridgehead atoms. The van der Waals surface area contributed by atoms with Crippen molar-refractivity contribution < 1.29 is 13.2 Å². The van der Waals surface area contributed by atoms with Gasteiger partial charge in [0.15, 0.2) is 0 Å². The highest BCUT2D eigenvalue weighted by atomic mass is 32.2. The number of nitrogens with zero attached hydrogens (tertiary/aromatic N) is 1. The molecule has 0 N–H and O–H groups in total. The molecule has 0 saturated carbocycles. The number of benzene rings is 2. The van der Waals surface area contributed by atoms with Crippen LogP contribution in [0.4, 0.5) is 0 Å². The number of aryl methyl sites for hydroxylation is 1. The van der Waals surface area contributed by atoms with Crippen LogP contribution < -0.4 is 4.74 Å². The lowest BCUT2D eigenvalue weighted by Crippen LogP contribution is -2.31. The van der Waals surface area contributed by atoms with Crippen LogP contribution in [0.5, 0.6) is 5.75 Å². The highest BCUT2D eigenvalue weighted by molar-refractivity contribution is 7.89. The lowest BCUT2D eigenvalue weighted by atomic mass is 10.0. The molecule has 1 aliphatic heterocycles. The Morgan fingerprint density at radius 1 is 1.12 bits per heavy atom. The Morgan fingerprint density at radius 2 is 1.83 bits per heavy atom. The van der Waals surface area contributed by atoms with Crippen molar-refractivity contribution in [3.05, 3.63) is 59.7 Å². The van der Waals surface area contributed by atoms with Crippen LogP contribution in [0.25, 0.3) is 0 Å². The van der Waals surface area contributed by atoms with Crippen molar-refractivity contribution in [2.45, 2.75) is 37.6 Å². The SMILES string of the molecule is CCOc1ccc(S(=O)(=O)N2CCCC2c2ccccc2C)cc1. The normalized spacial score (nSPS) is 18.7. The van der Waals surface area contributed by atoms with Crippen molar-refractivity contribution in [3.63, 3.8) is 0 Å². The molecular formula is C19H23NO3S. The summed E-state index contributed by atoms with van der Waals surface area (Å²) in [5, 5.41) is 0. The summed E-state index contributed by atoms with van der Waals surface area (Å²) >= 11 is 0. The third-order valence-electron chi connectivity index (χ3n) is 4.49. The first-order chi connectivity index (χ1) is 11.5. The molecule has 24 heavy (non-hydrogen) atoms. The second kappa shape index (κ2) is 6.95. The van der Waals surface area contributed by atoms with Crippen molar-refractivity contribution in [1.82, 2.24) is 4.31 Å². The summed E-state index contributed by atoms with van der Waals surface area (Å²) in [5.41, 5.74) is 2.24. The Bertz CT molecular complexity index is 800. The minimum Gasteiger partial charge on any atom is -0.494 e.